The SMILES string of the molecule is C[C@H](O)CN1CCc2c(nc(C(=O)Nc3cccc(-c4cccc(NC(=O)c5nc6c(n5C)CCNC6)c4Cl)c3Cl)n2C)C1. The maximum absolute atomic E-state index is 13.4. The molecule has 0 saturated carbocycles. The third-order valence-corrected chi connectivity index (χ3v) is 8.99. The van der Waals surface area contributed by atoms with Crippen molar-refractivity contribution in [2.24, 2.45) is 14.1 Å². The summed E-state index contributed by atoms with van der Waals surface area (Å²) >= 11 is 13.7. The Kier molecular flexibility index (Phi) is 8.49. The number of aliphatic hydroxyl groups is 1. The summed E-state index contributed by atoms with van der Waals surface area (Å²) in [4.78, 5) is 37.9. The second-order valence-electron chi connectivity index (χ2n) is 11.3. The number of amides is 2. The Bertz CT molecular complexity index is 1760. The number of nitrogens with one attached hydrogen (secondary N) is 3. The normalized spacial score (nSPS) is 15.4. The van der Waals surface area contributed by atoms with Crippen LogP contribution in [0.3, 0.4) is 0 Å². The Hall–Kier alpha value is -3.74. The lowest BCUT2D eigenvalue weighted by Crippen LogP contribution is -2.36. The van der Waals surface area contributed by atoms with Crippen LogP contribution in [0.4, 0.5) is 11.4 Å². The minimum atomic E-state index is -0.438. The summed E-state index contributed by atoms with van der Waals surface area (Å²) in [6, 6.07) is 10.6. The van der Waals surface area contributed by atoms with Crippen molar-refractivity contribution < 1.29 is 14.7 Å². The van der Waals surface area contributed by atoms with Gasteiger partial charge in [-0.1, -0.05) is 47.5 Å². The zero-order valence-electron chi connectivity index (χ0n) is 24.7. The lowest BCUT2D eigenvalue weighted by atomic mass is 10.0. The van der Waals surface area contributed by atoms with Gasteiger partial charge >= 0.3 is 0 Å². The number of imidazole rings is 2. The summed E-state index contributed by atoms with van der Waals surface area (Å²) in [6.45, 7) is 5.14. The third kappa shape index (κ3) is 5.73. The number of aliphatic hydroxyl groups excluding tert-OH is 1. The van der Waals surface area contributed by atoms with Crippen LogP contribution in [0.5, 0.6) is 0 Å². The number of halogens is 2. The molecule has 2 aliphatic rings. The Morgan fingerprint density at radius 2 is 1.45 bits per heavy atom. The number of hydrogen-bond acceptors (Lipinski definition) is 7. The van der Waals surface area contributed by atoms with E-state index in [2.05, 4.69) is 30.8 Å². The van der Waals surface area contributed by atoms with E-state index in [0.29, 0.717) is 58.0 Å². The van der Waals surface area contributed by atoms with E-state index in [9.17, 15) is 14.7 Å². The number of fused-ring (bicyclic) bond motifs is 2. The number of β-amino-alcohol motifs (C(OH)–C–C–N with tert-alkyl or cyclic N) is 1. The number of carbonyl (C=O) groups excluding carboxylic acids is 2. The third-order valence-electron chi connectivity index (χ3n) is 8.17. The highest BCUT2D eigenvalue weighted by atomic mass is 35.5. The van der Waals surface area contributed by atoms with Crippen molar-refractivity contribution in [3.63, 3.8) is 0 Å². The maximum Gasteiger partial charge on any atom is 0.291 e. The molecule has 0 fully saturated rings. The Labute approximate surface area is 265 Å². The van der Waals surface area contributed by atoms with Gasteiger partial charge in [-0.05, 0) is 19.1 Å². The van der Waals surface area contributed by atoms with E-state index in [4.69, 9.17) is 23.2 Å². The first-order chi connectivity index (χ1) is 21.1. The van der Waals surface area contributed by atoms with Gasteiger partial charge < -0.3 is 30.2 Å². The molecule has 2 aliphatic heterocycles. The number of nitrogens with zero attached hydrogens (tertiary/aromatic N) is 5. The van der Waals surface area contributed by atoms with Crippen molar-refractivity contribution in [1.29, 1.82) is 0 Å². The van der Waals surface area contributed by atoms with E-state index >= 15 is 0 Å². The topological polar surface area (TPSA) is 129 Å². The van der Waals surface area contributed by atoms with E-state index in [0.717, 1.165) is 48.7 Å². The molecule has 0 saturated heterocycles. The molecule has 11 nitrogen and oxygen atoms in total. The van der Waals surface area contributed by atoms with Crippen LogP contribution in [0.2, 0.25) is 10.0 Å². The summed E-state index contributed by atoms with van der Waals surface area (Å²) in [7, 11) is 3.68. The fourth-order valence-electron chi connectivity index (χ4n) is 6.00. The van der Waals surface area contributed by atoms with E-state index in [1.165, 1.54) is 0 Å². The van der Waals surface area contributed by atoms with Crippen LogP contribution in [-0.2, 0) is 40.0 Å². The van der Waals surface area contributed by atoms with Crippen molar-refractivity contribution in [2.45, 2.75) is 39.0 Å². The molecule has 4 aromatic rings. The first kappa shape index (κ1) is 30.3. The second-order valence-corrected chi connectivity index (χ2v) is 12.0. The smallest absolute Gasteiger partial charge is 0.291 e. The quantitative estimate of drug-likeness (QED) is 0.241. The van der Waals surface area contributed by atoms with Gasteiger partial charge in [0.05, 0.1) is 38.9 Å². The van der Waals surface area contributed by atoms with Gasteiger partial charge in [-0.25, -0.2) is 9.97 Å². The predicted octanol–water partition coefficient (Wildman–Crippen LogP) is 4.02. The van der Waals surface area contributed by atoms with Gasteiger partial charge in [0.15, 0.2) is 11.6 Å². The average Bonchev–Trinajstić information content (AvgIpc) is 3.51. The van der Waals surface area contributed by atoms with Gasteiger partial charge in [0, 0.05) is 82.2 Å². The summed E-state index contributed by atoms with van der Waals surface area (Å²) in [6.07, 6.45) is 1.10. The fourth-order valence-corrected chi connectivity index (χ4v) is 6.55. The Balaban J connectivity index is 1.22. The molecule has 13 heteroatoms. The zero-order valence-corrected chi connectivity index (χ0v) is 26.3. The average molecular weight is 638 g/mol. The molecule has 44 heavy (non-hydrogen) atoms. The van der Waals surface area contributed by atoms with Crippen molar-refractivity contribution >= 4 is 46.4 Å². The summed E-state index contributed by atoms with van der Waals surface area (Å²) in [5.74, 6) is -0.151. The highest BCUT2D eigenvalue weighted by Gasteiger charge is 2.27. The van der Waals surface area contributed by atoms with Gasteiger partial charge in [-0.3, -0.25) is 14.5 Å². The van der Waals surface area contributed by atoms with Crippen molar-refractivity contribution in [3.8, 4) is 11.1 Å². The van der Waals surface area contributed by atoms with E-state index < -0.39 is 6.10 Å². The van der Waals surface area contributed by atoms with Crippen molar-refractivity contribution in [1.82, 2.24) is 29.3 Å². The minimum Gasteiger partial charge on any atom is -0.392 e. The first-order valence-corrected chi connectivity index (χ1v) is 15.3. The fraction of sp³-hybridized carbons (Fsp3) is 0.355. The summed E-state index contributed by atoms with van der Waals surface area (Å²) < 4.78 is 3.65. The van der Waals surface area contributed by atoms with Gasteiger partial charge in [0.2, 0.25) is 0 Å². The molecule has 6 rings (SSSR count). The standard InChI is InChI=1S/C31H34Cl2N8O3/c1-17(42)15-41-13-11-25-23(16-41)36-29(40(25)3)31(44)38-21-9-5-7-19(27(21)33)18-6-4-8-20(26(18)32)37-30(43)28-35-22-14-34-12-10-24(22)39(28)2/h4-9,17,34,42H,10-16H2,1-3H3,(H,37,43)(H,38,44)/t17-/m0/s1. The van der Waals surface area contributed by atoms with Crippen LogP contribution in [0.25, 0.3) is 11.1 Å². The van der Waals surface area contributed by atoms with Crippen LogP contribution >= 0.6 is 23.2 Å². The lowest BCUT2D eigenvalue weighted by molar-refractivity contribution is 0.100. The van der Waals surface area contributed by atoms with Gasteiger partial charge in [-0.2, -0.15) is 0 Å². The monoisotopic (exact) mass is 636 g/mol. The Morgan fingerprint density at radius 1 is 0.909 bits per heavy atom. The molecule has 0 spiro atoms. The highest BCUT2D eigenvalue weighted by Crippen LogP contribution is 2.40. The number of rotatable bonds is 7. The largest absolute Gasteiger partial charge is 0.392 e. The Morgan fingerprint density at radius 3 is 2.00 bits per heavy atom. The van der Waals surface area contributed by atoms with Gasteiger partial charge in [-0.15, -0.1) is 0 Å². The van der Waals surface area contributed by atoms with E-state index in [1.54, 1.807) is 37.3 Å². The summed E-state index contributed by atoms with van der Waals surface area (Å²) in [5.41, 5.74) is 5.77. The highest BCUT2D eigenvalue weighted by molar-refractivity contribution is 6.40. The number of benzene rings is 2. The molecular weight excluding hydrogens is 603 g/mol. The second kappa shape index (κ2) is 12.3. The van der Waals surface area contributed by atoms with Crippen molar-refractivity contribution in [3.05, 3.63) is 80.9 Å². The zero-order chi connectivity index (χ0) is 31.1. The molecule has 0 aliphatic carbocycles. The first-order valence-electron chi connectivity index (χ1n) is 14.5. The minimum absolute atomic E-state index is 0.282. The molecule has 4 heterocycles. The van der Waals surface area contributed by atoms with Crippen LogP contribution in [0.15, 0.2) is 36.4 Å². The van der Waals surface area contributed by atoms with Gasteiger partial charge in [0.1, 0.15) is 0 Å². The molecule has 1 atom stereocenters. The predicted molar refractivity (Wildman–Crippen MR) is 170 cm³/mol. The number of aromatic nitrogens is 4. The van der Waals surface area contributed by atoms with Crippen LogP contribution in [0.1, 0.15) is 50.9 Å². The number of carbonyl (C=O) groups is 2. The molecule has 2 amide bonds. The maximum atomic E-state index is 13.4. The van der Waals surface area contributed by atoms with Crippen LogP contribution in [0, 0.1) is 0 Å². The number of anilines is 2. The van der Waals surface area contributed by atoms with E-state index in [1.807, 2.05) is 29.3 Å². The molecule has 0 bridgehead atoms. The van der Waals surface area contributed by atoms with E-state index in [-0.39, 0.29) is 17.6 Å². The molecular formula is C31H34Cl2N8O3. The van der Waals surface area contributed by atoms with Crippen molar-refractivity contribution in [2.75, 3.05) is 30.3 Å². The lowest BCUT2D eigenvalue weighted by Gasteiger charge is -2.27. The summed E-state index contributed by atoms with van der Waals surface area (Å²) in [5, 5.41) is 19.5. The molecule has 0 radical (unpaired) electrons. The molecule has 4 N–H and O–H groups in total. The van der Waals surface area contributed by atoms with Crippen LogP contribution < -0.4 is 16.0 Å². The van der Waals surface area contributed by atoms with Crippen LogP contribution in [-0.4, -0.2) is 66.7 Å². The van der Waals surface area contributed by atoms with Gasteiger partial charge in [0.25, 0.3) is 11.8 Å². The molecule has 2 aromatic heterocycles. The molecule has 2 aromatic carbocycles. The molecule has 230 valence electrons. The molecule has 0 unspecified atom stereocenters. The number of hydrogen-bond donors (Lipinski definition) is 4.